The van der Waals surface area contributed by atoms with Crippen molar-refractivity contribution < 1.29 is 27.8 Å². The van der Waals surface area contributed by atoms with Gasteiger partial charge in [-0.1, -0.05) is 61.4 Å². The molecule has 0 aromatic heterocycles. The summed E-state index contributed by atoms with van der Waals surface area (Å²) in [6, 6.07) is 21.7. The summed E-state index contributed by atoms with van der Waals surface area (Å²) in [5.41, 5.74) is 2.15. The minimum atomic E-state index is -4.07. The standard InChI is InChI=1S/C30H36N2O6S/c1-21-10-6-9-15-26(21)29(34)31-27(20-22-11-4-3-5-12-22)28(33)30(38-24-13-7-8-14-24)32-39(35,36)25-18-16-23(37-2)17-19-25/h3-6,9-12,15-19,24,27-28,30,32-33H,7-8,13-14,20H2,1-2H3,(H,31,34)/t27-,28+,30?/m0/s1. The van der Waals surface area contributed by atoms with Crippen LogP contribution >= 0.6 is 0 Å². The molecule has 1 unspecified atom stereocenters. The van der Waals surface area contributed by atoms with Crippen molar-refractivity contribution in [2.24, 2.45) is 0 Å². The third-order valence-corrected chi connectivity index (χ3v) is 8.44. The zero-order chi connectivity index (χ0) is 27.8. The molecule has 3 aromatic rings. The maximum atomic E-state index is 13.4. The molecule has 1 fully saturated rings. The SMILES string of the molecule is COc1ccc(S(=O)(=O)NC(OC2CCCC2)[C@H](O)[C@H](Cc2ccccc2)NC(=O)c2ccccc2C)cc1. The van der Waals surface area contributed by atoms with Gasteiger partial charge in [-0.05, 0) is 67.6 Å². The fourth-order valence-corrected chi connectivity index (χ4v) is 5.93. The molecule has 1 aliphatic carbocycles. The van der Waals surface area contributed by atoms with Crippen molar-refractivity contribution in [1.29, 1.82) is 0 Å². The number of sulfonamides is 1. The van der Waals surface area contributed by atoms with Gasteiger partial charge >= 0.3 is 0 Å². The number of aryl methyl sites for hydroxylation is 1. The van der Waals surface area contributed by atoms with Crippen molar-refractivity contribution in [2.45, 2.75) is 68.4 Å². The molecule has 0 heterocycles. The number of amides is 1. The Morgan fingerprint density at radius 1 is 0.974 bits per heavy atom. The van der Waals surface area contributed by atoms with Gasteiger partial charge in [-0.3, -0.25) is 4.79 Å². The Hall–Kier alpha value is -3.24. The zero-order valence-corrected chi connectivity index (χ0v) is 23.1. The first kappa shape index (κ1) is 28.8. The van der Waals surface area contributed by atoms with E-state index in [-0.39, 0.29) is 23.3 Å². The predicted octanol–water partition coefficient (Wildman–Crippen LogP) is 3.97. The number of rotatable bonds is 12. The van der Waals surface area contributed by atoms with Gasteiger partial charge in [-0.25, -0.2) is 8.42 Å². The summed E-state index contributed by atoms with van der Waals surface area (Å²) < 4.78 is 40.6. The van der Waals surface area contributed by atoms with E-state index in [9.17, 15) is 18.3 Å². The van der Waals surface area contributed by atoms with Crippen molar-refractivity contribution in [1.82, 2.24) is 10.0 Å². The molecule has 39 heavy (non-hydrogen) atoms. The van der Waals surface area contributed by atoms with Crippen LogP contribution in [0.2, 0.25) is 0 Å². The van der Waals surface area contributed by atoms with Gasteiger partial charge in [0.2, 0.25) is 10.0 Å². The summed E-state index contributed by atoms with van der Waals surface area (Å²) in [7, 11) is -2.57. The fourth-order valence-electron chi connectivity index (χ4n) is 4.80. The monoisotopic (exact) mass is 552 g/mol. The number of nitrogens with one attached hydrogen (secondary N) is 2. The topological polar surface area (TPSA) is 114 Å². The maximum Gasteiger partial charge on any atom is 0.251 e. The predicted molar refractivity (Wildman–Crippen MR) is 149 cm³/mol. The quantitative estimate of drug-likeness (QED) is 0.293. The van der Waals surface area contributed by atoms with Gasteiger partial charge in [0.05, 0.1) is 24.2 Å². The summed E-state index contributed by atoms with van der Waals surface area (Å²) in [6.07, 6.45) is 0.880. The van der Waals surface area contributed by atoms with Gasteiger partial charge in [0.15, 0.2) is 0 Å². The number of aliphatic hydroxyl groups is 1. The van der Waals surface area contributed by atoms with Crippen LogP contribution in [0.3, 0.4) is 0 Å². The second-order valence-corrected chi connectivity index (χ2v) is 11.5. The van der Waals surface area contributed by atoms with E-state index >= 15 is 0 Å². The van der Waals surface area contributed by atoms with E-state index < -0.39 is 28.4 Å². The molecular formula is C30H36N2O6S. The summed E-state index contributed by atoms with van der Waals surface area (Å²) >= 11 is 0. The van der Waals surface area contributed by atoms with Gasteiger partial charge < -0.3 is 19.9 Å². The normalized spacial score (nSPS) is 16.4. The molecule has 0 spiro atoms. The largest absolute Gasteiger partial charge is 0.497 e. The van der Waals surface area contributed by atoms with Crippen LogP contribution in [0.4, 0.5) is 0 Å². The van der Waals surface area contributed by atoms with Crippen molar-refractivity contribution >= 4 is 15.9 Å². The average molecular weight is 553 g/mol. The molecule has 3 atom stereocenters. The number of benzene rings is 3. The Kier molecular flexibility index (Phi) is 9.74. The highest BCUT2D eigenvalue weighted by molar-refractivity contribution is 7.89. The molecule has 0 aliphatic heterocycles. The highest BCUT2D eigenvalue weighted by atomic mass is 32.2. The van der Waals surface area contributed by atoms with Crippen LogP contribution in [0, 0.1) is 6.92 Å². The van der Waals surface area contributed by atoms with E-state index in [0.717, 1.165) is 36.8 Å². The first-order valence-electron chi connectivity index (χ1n) is 13.2. The van der Waals surface area contributed by atoms with Crippen molar-refractivity contribution in [3.63, 3.8) is 0 Å². The lowest BCUT2D eigenvalue weighted by molar-refractivity contribution is -0.0894. The molecule has 208 valence electrons. The summed E-state index contributed by atoms with van der Waals surface area (Å²) in [4.78, 5) is 13.3. The van der Waals surface area contributed by atoms with E-state index in [1.165, 1.54) is 19.2 Å². The molecule has 0 bridgehead atoms. The van der Waals surface area contributed by atoms with Crippen LogP contribution in [0.1, 0.15) is 47.2 Å². The van der Waals surface area contributed by atoms with Gasteiger partial charge in [0.25, 0.3) is 5.91 Å². The molecule has 3 N–H and O–H groups in total. The van der Waals surface area contributed by atoms with E-state index in [4.69, 9.17) is 9.47 Å². The molecule has 9 heteroatoms. The number of methoxy groups -OCH3 is 1. The highest BCUT2D eigenvalue weighted by Gasteiger charge is 2.36. The van der Waals surface area contributed by atoms with Crippen LogP contribution in [0.15, 0.2) is 83.8 Å². The highest BCUT2D eigenvalue weighted by Crippen LogP contribution is 2.25. The van der Waals surface area contributed by atoms with Crippen molar-refractivity contribution in [3.8, 4) is 5.75 Å². The Morgan fingerprint density at radius 3 is 2.26 bits per heavy atom. The van der Waals surface area contributed by atoms with Gasteiger partial charge in [-0.2, -0.15) is 4.72 Å². The third kappa shape index (κ3) is 7.67. The maximum absolute atomic E-state index is 13.4. The second-order valence-electron chi connectivity index (χ2n) is 9.84. The second kappa shape index (κ2) is 13.2. The van der Waals surface area contributed by atoms with Crippen molar-refractivity contribution in [3.05, 3.63) is 95.6 Å². The Bertz CT molecular complexity index is 1330. The number of carbonyl (C=O) groups is 1. The number of hydrogen-bond acceptors (Lipinski definition) is 6. The van der Waals surface area contributed by atoms with Crippen LogP contribution in [0.5, 0.6) is 5.75 Å². The first-order chi connectivity index (χ1) is 18.8. The lowest BCUT2D eigenvalue weighted by atomic mass is 9.99. The minimum Gasteiger partial charge on any atom is -0.497 e. The summed E-state index contributed by atoms with van der Waals surface area (Å²) in [5.74, 6) is 0.167. The molecule has 1 aliphatic rings. The van der Waals surface area contributed by atoms with E-state index in [2.05, 4.69) is 10.0 Å². The molecule has 0 radical (unpaired) electrons. The van der Waals surface area contributed by atoms with Gasteiger partial charge in [-0.15, -0.1) is 0 Å². The first-order valence-corrected chi connectivity index (χ1v) is 14.7. The lowest BCUT2D eigenvalue weighted by Gasteiger charge is -2.33. The molecule has 1 saturated carbocycles. The molecular weight excluding hydrogens is 516 g/mol. The summed E-state index contributed by atoms with van der Waals surface area (Å²) in [5, 5.41) is 14.6. The Balaban J connectivity index is 1.63. The Morgan fingerprint density at radius 2 is 1.62 bits per heavy atom. The van der Waals surface area contributed by atoms with Crippen LogP contribution < -0.4 is 14.8 Å². The minimum absolute atomic E-state index is 0.0130. The van der Waals surface area contributed by atoms with Crippen molar-refractivity contribution in [2.75, 3.05) is 7.11 Å². The van der Waals surface area contributed by atoms with E-state index in [1.807, 2.05) is 49.4 Å². The molecule has 8 nitrogen and oxygen atoms in total. The van der Waals surface area contributed by atoms with E-state index in [1.54, 1.807) is 24.3 Å². The Labute approximate surface area is 230 Å². The molecule has 4 rings (SSSR count). The number of ether oxygens (including phenoxy) is 2. The average Bonchev–Trinajstić information content (AvgIpc) is 3.46. The fraction of sp³-hybridized carbons (Fsp3) is 0.367. The smallest absolute Gasteiger partial charge is 0.251 e. The van der Waals surface area contributed by atoms with Gasteiger partial charge in [0, 0.05) is 5.56 Å². The molecule has 0 saturated heterocycles. The van der Waals surface area contributed by atoms with Crippen LogP contribution in [-0.4, -0.2) is 51.0 Å². The number of carbonyl (C=O) groups excluding carboxylic acids is 1. The van der Waals surface area contributed by atoms with Crippen LogP contribution in [0.25, 0.3) is 0 Å². The molecule has 3 aromatic carbocycles. The zero-order valence-electron chi connectivity index (χ0n) is 22.2. The van der Waals surface area contributed by atoms with Gasteiger partial charge in [0.1, 0.15) is 18.1 Å². The lowest BCUT2D eigenvalue weighted by Crippen LogP contribution is -2.56. The van der Waals surface area contributed by atoms with Crippen LogP contribution in [-0.2, 0) is 21.2 Å². The molecule has 1 amide bonds. The van der Waals surface area contributed by atoms with E-state index in [0.29, 0.717) is 11.3 Å². The third-order valence-electron chi connectivity index (χ3n) is 7.01. The number of hydrogen-bond donors (Lipinski definition) is 3. The number of aliphatic hydroxyl groups excluding tert-OH is 1. The summed E-state index contributed by atoms with van der Waals surface area (Å²) in [6.45, 7) is 1.84.